The van der Waals surface area contributed by atoms with Crippen LogP contribution in [0.1, 0.15) is 42.4 Å². The topological polar surface area (TPSA) is 45.4 Å². The van der Waals surface area contributed by atoms with Gasteiger partial charge in [0.1, 0.15) is 5.71 Å². The lowest BCUT2D eigenvalue weighted by Crippen LogP contribution is -2.29. The fraction of sp³-hybridized carbons (Fsp3) is 0.353. The van der Waals surface area contributed by atoms with E-state index in [0.717, 1.165) is 29.9 Å². The minimum absolute atomic E-state index is 0.0245. The Morgan fingerprint density at radius 2 is 2.10 bits per heavy atom. The molecule has 1 aliphatic rings. The number of benzene rings is 1. The molecule has 106 valence electrons. The lowest BCUT2D eigenvalue weighted by Gasteiger charge is -2.25. The summed E-state index contributed by atoms with van der Waals surface area (Å²) in [7, 11) is 0. The largest absolute Gasteiger partial charge is 0.306 e. The number of hydrogen-bond donors (Lipinski definition) is 1. The summed E-state index contributed by atoms with van der Waals surface area (Å²) in [6.07, 6.45) is 3.67. The number of aryl methyl sites for hydroxylation is 1. The third kappa shape index (κ3) is 2.25. The number of rotatable bonds is 3. The van der Waals surface area contributed by atoms with Crippen molar-refractivity contribution in [3.63, 3.8) is 0 Å². The van der Waals surface area contributed by atoms with Gasteiger partial charge in [-0.1, -0.05) is 37.6 Å². The minimum Gasteiger partial charge on any atom is -0.306 e. The van der Waals surface area contributed by atoms with Gasteiger partial charge < -0.3 is 4.85 Å². The maximum absolute atomic E-state index is 7.66. The average Bonchev–Trinajstić information content (AvgIpc) is 2.95. The summed E-state index contributed by atoms with van der Waals surface area (Å²) >= 11 is 0. The number of aliphatic imine (C=N–C) groups is 1. The third-order valence-electron chi connectivity index (χ3n) is 4.06. The van der Waals surface area contributed by atoms with Crippen molar-refractivity contribution in [3.8, 4) is 0 Å². The summed E-state index contributed by atoms with van der Waals surface area (Å²) in [5, 5.41) is 7.11. The molecule has 0 amide bonds. The quantitative estimate of drug-likeness (QED) is 0.847. The molecule has 2 unspecified atom stereocenters. The van der Waals surface area contributed by atoms with E-state index in [2.05, 4.69) is 46.0 Å². The van der Waals surface area contributed by atoms with E-state index in [1.54, 1.807) is 0 Å². The van der Waals surface area contributed by atoms with Gasteiger partial charge in [0.15, 0.2) is 5.82 Å². The van der Waals surface area contributed by atoms with Gasteiger partial charge >= 0.3 is 0 Å². The van der Waals surface area contributed by atoms with Gasteiger partial charge in [0.2, 0.25) is 0 Å². The van der Waals surface area contributed by atoms with Crippen LogP contribution in [-0.2, 0) is 0 Å². The van der Waals surface area contributed by atoms with Gasteiger partial charge in [-0.25, -0.2) is 11.6 Å². The molecular formula is C17H18N4. The zero-order valence-electron chi connectivity index (χ0n) is 12.3. The zero-order chi connectivity index (χ0) is 14.8. The van der Waals surface area contributed by atoms with E-state index in [9.17, 15) is 0 Å². The van der Waals surface area contributed by atoms with E-state index in [1.165, 1.54) is 11.1 Å². The van der Waals surface area contributed by atoms with E-state index in [-0.39, 0.29) is 12.0 Å². The third-order valence-corrected chi connectivity index (χ3v) is 4.06. The molecule has 4 nitrogen and oxygen atoms in total. The molecule has 0 bridgehead atoms. The molecular weight excluding hydrogens is 260 g/mol. The summed E-state index contributed by atoms with van der Waals surface area (Å²) < 4.78 is 0. The van der Waals surface area contributed by atoms with Crippen molar-refractivity contribution in [1.29, 1.82) is 0 Å². The number of H-pyrrole nitrogens is 1. The maximum atomic E-state index is 7.66. The maximum Gasteiger partial charge on any atom is 0.272 e. The van der Waals surface area contributed by atoms with Crippen LogP contribution in [0.4, 0.5) is 5.82 Å². The molecule has 1 N–H and O–H groups in total. The molecule has 0 spiro atoms. The van der Waals surface area contributed by atoms with Gasteiger partial charge in [0.05, 0.1) is 12.1 Å². The second kappa shape index (κ2) is 5.53. The molecule has 2 atom stereocenters. The molecule has 3 rings (SSSR count). The molecule has 0 saturated carbocycles. The van der Waals surface area contributed by atoms with Gasteiger partial charge in [-0.2, -0.15) is 5.10 Å². The van der Waals surface area contributed by atoms with E-state index in [1.807, 2.05) is 18.3 Å². The van der Waals surface area contributed by atoms with Gasteiger partial charge in [-0.05, 0) is 24.5 Å². The van der Waals surface area contributed by atoms with Crippen molar-refractivity contribution in [2.24, 2.45) is 4.99 Å². The Kier molecular flexibility index (Phi) is 3.57. The lowest BCUT2D eigenvalue weighted by molar-refractivity contribution is 0.764. The molecule has 1 aromatic heterocycles. The molecule has 4 heteroatoms. The summed E-state index contributed by atoms with van der Waals surface area (Å²) in [4.78, 5) is 8.54. The smallest absolute Gasteiger partial charge is 0.272 e. The standard InChI is InChI=1S/C17H18N4/c1-4-7-14-16(18-3)15(12-9-6-5-8-11(12)2)13-10-19-21-17(13)20-14/h5-6,8-10,15-16H,4,7H2,1-2H3,(H,19,21). The Bertz CT molecular complexity index is 720. The molecule has 2 aromatic rings. The highest BCUT2D eigenvalue weighted by Crippen LogP contribution is 2.41. The van der Waals surface area contributed by atoms with Crippen molar-refractivity contribution in [2.45, 2.75) is 38.6 Å². The highest BCUT2D eigenvalue weighted by Gasteiger charge is 2.40. The SMILES string of the molecule is [C-]#[N+]C1C(CCC)=Nc2[nH]ncc2C1c1ccccc1C. The van der Waals surface area contributed by atoms with Crippen molar-refractivity contribution < 1.29 is 0 Å². The van der Waals surface area contributed by atoms with E-state index in [4.69, 9.17) is 6.57 Å². The van der Waals surface area contributed by atoms with Crippen LogP contribution in [0.2, 0.25) is 0 Å². The second-order valence-electron chi connectivity index (χ2n) is 5.44. The molecule has 0 fully saturated rings. The zero-order valence-corrected chi connectivity index (χ0v) is 12.3. The number of fused-ring (bicyclic) bond motifs is 1. The van der Waals surface area contributed by atoms with Crippen LogP contribution in [0.5, 0.6) is 0 Å². The predicted molar refractivity (Wildman–Crippen MR) is 84.0 cm³/mol. The first-order chi connectivity index (χ1) is 10.3. The average molecular weight is 278 g/mol. The first-order valence-corrected chi connectivity index (χ1v) is 7.29. The van der Waals surface area contributed by atoms with Gasteiger partial charge in [0.25, 0.3) is 6.04 Å². The number of nitrogens with one attached hydrogen (secondary N) is 1. The van der Waals surface area contributed by atoms with Crippen LogP contribution in [0.3, 0.4) is 0 Å². The lowest BCUT2D eigenvalue weighted by atomic mass is 9.80. The van der Waals surface area contributed by atoms with E-state index in [0.29, 0.717) is 0 Å². The Morgan fingerprint density at radius 3 is 2.81 bits per heavy atom. The van der Waals surface area contributed by atoms with Crippen LogP contribution in [0.15, 0.2) is 35.5 Å². The molecule has 1 aromatic carbocycles. The van der Waals surface area contributed by atoms with Crippen molar-refractivity contribution in [2.75, 3.05) is 0 Å². The van der Waals surface area contributed by atoms with Gasteiger partial charge in [-0.3, -0.25) is 5.10 Å². The number of hydrogen-bond acceptors (Lipinski definition) is 2. The molecule has 1 aliphatic heterocycles. The highest BCUT2D eigenvalue weighted by molar-refractivity contribution is 5.96. The summed E-state index contributed by atoms with van der Waals surface area (Å²) in [5.74, 6) is 0.836. The normalized spacial score (nSPS) is 20.5. The number of aromatic nitrogens is 2. The highest BCUT2D eigenvalue weighted by atomic mass is 15.2. The Balaban J connectivity index is 2.17. The van der Waals surface area contributed by atoms with Gasteiger partial charge in [0, 0.05) is 5.56 Å². The molecule has 21 heavy (non-hydrogen) atoms. The Morgan fingerprint density at radius 1 is 1.29 bits per heavy atom. The summed E-state index contributed by atoms with van der Waals surface area (Å²) in [5.41, 5.74) is 4.41. The Labute approximate surface area is 124 Å². The van der Waals surface area contributed by atoms with Crippen LogP contribution >= 0.6 is 0 Å². The van der Waals surface area contributed by atoms with Crippen LogP contribution in [0.25, 0.3) is 4.85 Å². The number of nitrogens with zero attached hydrogens (tertiary/aromatic N) is 3. The minimum atomic E-state index is -0.226. The van der Waals surface area contributed by atoms with Crippen molar-refractivity contribution in [3.05, 3.63) is 58.6 Å². The van der Waals surface area contributed by atoms with Crippen LogP contribution in [0, 0.1) is 13.5 Å². The van der Waals surface area contributed by atoms with Crippen molar-refractivity contribution in [1.82, 2.24) is 10.2 Å². The van der Waals surface area contributed by atoms with E-state index >= 15 is 0 Å². The summed E-state index contributed by atoms with van der Waals surface area (Å²) in [6.45, 7) is 11.9. The first-order valence-electron chi connectivity index (χ1n) is 7.29. The van der Waals surface area contributed by atoms with Gasteiger partial charge in [-0.15, -0.1) is 0 Å². The van der Waals surface area contributed by atoms with Crippen LogP contribution in [-0.4, -0.2) is 22.0 Å². The molecule has 0 saturated heterocycles. The summed E-state index contributed by atoms with van der Waals surface area (Å²) in [6, 6.07) is 8.06. The van der Waals surface area contributed by atoms with Crippen molar-refractivity contribution >= 4 is 11.5 Å². The fourth-order valence-electron chi connectivity index (χ4n) is 3.06. The second-order valence-corrected chi connectivity index (χ2v) is 5.44. The molecule has 0 radical (unpaired) electrons. The fourth-order valence-corrected chi connectivity index (χ4v) is 3.06. The first kappa shape index (κ1) is 13.6. The molecule has 0 aliphatic carbocycles. The molecule has 2 heterocycles. The monoisotopic (exact) mass is 278 g/mol. The van der Waals surface area contributed by atoms with E-state index < -0.39 is 0 Å². The van der Waals surface area contributed by atoms with Crippen LogP contribution < -0.4 is 0 Å². The Hall–Kier alpha value is -2.41. The number of aromatic amines is 1. The predicted octanol–water partition coefficient (Wildman–Crippen LogP) is 4.02.